The monoisotopic (exact) mass is 514 g/mol. The Morgan fingerprint density at radius 2 is 1.62 bits per heavy atom. The van der Waals surface area contributed by atoms with Crippen molar-refractivity contribution >= 4 is 27.4 Å². The second-order valence-corrected chi connectivity index (χ2v) is 10.8. The zero-order chi connectivity index (χ0) is 25.7. The lowest BCUT2D eigenvalue weighted by molar-refractivity contribution is 0.102. The average molecular weight is 515 g/mol. The van der Waals surface area contributed by atoms with E-state index in [0.717, 1.165) is 11.1 Å². The van der Waals surface area contributed by atoms with Crippen LogP contribution in [0.1, 0.15) is 34.3 Å². The Balaban J connectivity index is 1.20. The molecule has 1 aliphatic carbocycles. The summed E-state index contributed by atoms with van der Waals surface area (Å²) in [7, 11) is -3.44. The number of carbonyl (C=O) groups is 1. The van der Waals surface area contributed by atoms with Gasteiger partial charge in [-0.1, -0.05) is 54.6 Å². The first-order valence-corrected chi connectivity index (χ1v) is 13.5. The van der Waals surface area contributed by atoms with E-state index in [-0.39, 0.29) is 17.0 Å². The third kappa shape index (κ3) is 6.58. The Bertz CT molecular complexity index is 1490. The van der Waals surface area contributed by atoms with E-state index in [1.165, 1.54) is 12.4 Å². The molecule has 5 rings (SSSR count). The Labute approximate surface area is 215 Å². The third-order valence-electron chi connectivity index (χ3n) is 5.86. The highest BCUT2D eigenvalue weighted by molar-refractivity contribution is 7.93. The molecule has 2 N–H and O–H groups in total. The molecule has 0 atom stereocenters. The highest BCUT2D eigenvalue weighted by Gasteiger charge is 2.36. The number of amides is 1. The van der Waals surface area contributed by atoms with Gasteiger partial charge in [-0.05, 0) is 48.2 Å². The first-order valence-electron chi connectivity index (χ1n) is 11.9. The van der Waals surface area contributed by atoms with Crippen LogP contribution in [0.4, 0.5) is 11.5 Å². The zero-order valence-corrected chi connectivity index (χ0v) is 20.8. The van der Waals surface area contributed by atoms with Crippen molar-refractivity contribution in [2.24, 2.45) is 0 Å². The molecule has 4 aromatic rings. The summed E-state index contributed by atoms with van der Waals surface area (Å²) in [6.45, 7) is 1.01. The summed E-state index contributed by atoms with van der Waals surface area (Å²) in [6, 6.07) is 24.4. The van der Waals surface area contributed by atoms with Crippen LogP contribution in [0.2, 0.25) is 0 Å². The molecule has 1 amide bonds. The van der Waals surface area contributed by atoms with Gasteiger partial charge in [0.05, 0.1) is 36.6 Å². The second-order valence-electron chi connectivity index (χ2n) is 8.85. The molecule has 0 bridgehead atoms. The van der Waals surface area contributed by atoms with Crippen molar-refractivity contribution in [2.75, 3.05) is 10.0 Å². The lowest BCUT2D eigenvalue weighted by Crippen LogP contribution is -2.18. The van der Waals surface area contributed by atoms with Gasteiger partial charge < -0.3 is 10.1 Å². The van der Waals surface area contributed by atoms with Gasteiger partial charge in [0, 0.05) is 16.8 Å². The van der Waals surface area contributed by atoms with Gasteiger partial charge in [-0.2, -0.15) is 0 Å². The Hall–Kier alpha value is -4.08. The van der Waals surface area contributed by atoms with Crippen molar-refractivity contribution in [3.63, 3.8) is 0 Å². The predicted octanol–water partition coefficient (Wildman–Crippen LogP) is 5.02. The third-order valence-corrected chi connectivity index (χ3v) is 7.70. The molecule has 0 unspecified atom stereocenters. The molecule has 1 heterocycles. The van der Waals surface area contributed by atoms with Gasteiger partial charge >= 0.3 is 0 Å². The summed E-state index contributed by atoms with van der Waals surface area (Å²) in [5, 5.41) is 2.54. The predicted molar refractivity (Wildman–Crippen MR) is 142 cm³/mol. The molecule has 9 heteroatoms. The number of hydrogen-bond acceptors (Lipinski definition) is 6. The van der Waals surface area contributed by atoms with Crippen molar-refractivity contribution in [2.45, 2.75) is 31.3 Å². The molecular weight excluding hydrogens is 488 g/mol. The minimum atomic E-state index is -3.44. The van der Waals surface area contributed by atoms with E-state index >= 15 is 0 Å². The lowest BCUT2D eigenvalue weighted by Gasteiger charge is -2.10. The number of aromatic nitrogens is 2. The van der Waals surface area contributed by atoms with Crippen molar-refractivity contribution in [1.29, 1.82) is 0 Å². The largest absolute Gasteiger partial charge is 0.372 e. The van der Waals surface area contributed by atoms with Crippen LogP contribution in [-0.4, -0.2) is 29.5 Å². The smallest absolute Gasteiger partial charge is 0.255 e. The van der Waals surface area contributed by atoms with Crippen molar-refractivity contribution in [3.05, 3.63) is 108 Å². The van der Waals surface area contributed by atoms with Gasteiger partial charge in [0.25, 0.3) is 5.91 Å². The van der Waals surface area contributed by atoms with E-state index in [0.29, 0.717) is 48.6 Å². The lowest BCUT2D eigenvalue weighted by atomic mass is 10.1. The maximum atomic E-state index is 12.9. The van der Waals surface area contributed by atoms with Gasteiger partial charge in [0.15, 0.2) is 5.82 Å². The van der Waals surface area contributed by atoms with Crippen molar-refractivity contribution < 1.29 is 17.9 Å². The fourth-order valence-electron chi connectivity index (χ4n) is 3.73. The zero-order valence-electron chi connectivity index (χ0n) is 20.0. The standard InChI is InChI=1S/C28H26N4O4S/c33-28(30-24-11-9-21(10-12-24)19-36-18-20-5-2-1-3-6-20)23-8-4-7-22(15-23)26-16-29-17-27(31-26)32-37(34,35)25-13-14-25/h1-12,15-17,25H,13-14,18-19H2,(H,30,33)(H,31,32). The molecule has 8 nitrogen and oxygen atoms in total. The van der Waals surface area contributed by atoms with Crippen LogP contribution in [0.15, 0.2) is 91.3 Å². The van der Waals surface area contributed by atoms with Crippen LogP contribution in [0, 0.1) is 0 Å². The summed E-state index contributed by atoms with van der Waals surface area (Å²) in [5.41, 5.74) is 4.35. The molecule has 0 saturated heterocycles. The number of nitrogens with zero attached hydrogens (tertiary/aromatic N) is 2. The van der Waals surface area contributed by atoms with Gasteiger partial charge in [0.1, 0.15) is 0 Å². The SMILES string of the molecule is O=C(Nc1ccc(COCc2ccccc2)cc1)c1cccc(-c2cncc(NS(=O)(=O)C3CC3)n2)c1. The quantitative estimate of drug-likeness (QED) is 0.308. The summed E-state index contributed by atoms with van der Waals surface area (Å²) in [6.07, 6.45) is 4.22. The van der Waals surface area contributed by atoms with E-state index < -0.39 is 10.0 Å². The minimum absolute atomic E-state index is 0.159. The van der Waals surface area contributed by atoms with E-state index in [9.17, 15) is 13.2 Å². The molecule has 0 aliphatic heterocycles. The molecule has 37 heavy (non-hydrogen) atoms. The van der Waals surface area contributed by atoms with Gasteiger partial charge in [-0.3, -0.25) is 14.5 Å². The molecule has 3 aromatic carbocycles. The first-order chi connectivity index (χ1) is 18.0. The molecule has 0 spiro atoms. The number of sulfonamides is 1. The highest BCUT2D eigenvalue weighted by Crippen LogP contribution is 2.29. The molecule has 1 aliphatic rings. The number of hydrogen-bond donors (Lipinski definition) is 2. The Kier molecular flexibility index (Phi) is 7.25. The summed E-state index contributed by atoms with van der Waals surface area (Å²) >= 11 is 0. The van der Waals surface area contributed by atoms with Crippen LogP contribution in [-0.2, 0) is 28.0 Å². The average Bonchev–Trinajstić information content (AvgIpc) is 3.77. The first kappa shape index (κ1) is 24.6. The van der Waals surface area contributed by atoms with Gasteiger partial charge in [-0.25, -0.2) is 13.4 Å². The fraction of sp³-hybridized carbons (Fsp3) is 0.179. The van der Waals surface area contributed by atoms with E-state index in [1.807, 2.05) is 54.6 Å². The van der Waals surface area contributed by atoms with Crippen LogP contribution in [0.25, 0.3) is 11.3 Å². The van der Waals surface area contributed by atoms with Crippen molar-refractivity contribution in [3.8, 4) is 11.3 Å². The summed E-state index contributed by atoms with van der Waals surface area (Å²) in [5.74, 6) is -0.111. The number of nitrogens with one attached hydrogen (secondary N) is 2. The van der Waals surface area contributed by atoms with Crippen LogP contribution in [0.3, 0.4) is 0 Å². The molecule has 188 valence electrons. The number of rotatable bonds is 10. The topological polar surface area (TPSA) is 110 Å². The molecular formula is C28H26N4O4S. The number of carbonyl (C=O) groups excluding carboxylic acids is 1. The maximum Gasteiger partial charge on any atom is 0.255 e. The molecule has 1 aromatic heterocycles. The number of ether oxygens (including phenoxy) is 1. The summed E-state index contributed by atoms with van der Waals surface area (Å²) < 4.78 is 32.7. The molecule has 1 fully saturated rings. The van der Waals surface area contributed by atoms with Gasteiger partial charge in [-0.15, -0.1) is 0 Å². The summed E-state index contributed by atoms with van der Waals surface area (Å²) in [4.78, 5) is 21.4. The Morgan fingerprint density at radius 1 is 0.892 bits per heavy atom. The van der Waals surface area contributed by atoms with Crippen molar-refractivity contribution in [1.82, 2.24) is 9.97 Å². The van der Waals surface area contributed by atoms with Crippen LogP contribution >= 0.6 is 0 Å². The number of anilines is 2. The van der Waals surface area contributed by atoms with Gasteiger partial charge in [0.2, 0.25) is 10.0 Å². The molecule has 0 radical (unpaired) electrons. The van der Waals surface area contributed by atoms with E-state index in [2.05, 4.69) is 20.0 Å². The number of benzene rings is 3. The van der Waals surface area contributed by atoms with E-state index in [4.69, 9.17) is 4.74 Å². The van der Waals surface area contributed by atoms with Crippen LogP contribution < -0.4 is 10.0 Å². The van der Waals surface area contributed by atoms with E-state index in [1.54, 1.807) is 24.3 Å². The maximum absolute atomic E-state index is 12.9. The van der Waals surface area contributed by atoms with Crippen LogP contribution in [0.5, 0.6) is 0 Å². The Morgan fingerprint density at radius 3 is 2.35 bits per heavy atom. The highest BCUT2D eigenvalue weighted by atomic mass is 32.2. The second kappa shape index (κ2) is 10.9. The fourth-order valence-corrected chi connectivity index (χ4v) is 5.04. The molecule has 1 saturated carbocycles. The normalized spacial score (nSPS) is 13.2. The minimum Gasteiger partial charge on any atom is -0.372 e.